The number of aromatic nitrogens is 2. The van der Waals surface area contributed by atoms with E-state index in [2.05, 4.69) is 16.5 Å². The van der Waals surface area contributed by atoms with Gasteiger partial charge in [0.1, 0.15) is 0 Å². The Bertz CT molecular complexity index is 648. The Hall–Kier alpha value is -2.14. The summed E-state index contributed by atoms with van der Waals surface area (Å²) in [6.45, 7) is 4.82. The lowest BCUT2D eigenvalue weighted by Gasteiger charge is -2.12. The van der Waals surface area contributed by atoms with Crippen LogP contribution in [0.5, 0.6) is 0 Å². The van der Waals surface area contributed by atoms with E-state index in [1.807, 2.05) is 19.1 Å². The summed E-state index contributed by atoms with van der Waals surface area (Å²) in [6, 6.07) is 3.81. The second-order valence-electron chi connectivity index (χ2n) is 5.37. The van der Waals surface area contributed by atoms with Crippen molar-refractivity contribution < 1.29 is 9.90 Å². The number of aliphatic hydroxyl groups is 1. The van der Waals surface area contributed by atoms with Crippen LogP contribution in [0.2, 0.25) is 0 Å². The van der Waals surface area contributed by atoms with Gasteiger partial charge in [0, 0.05) is 48.1 Å². The summed E-state index contributed by atoms with van der Waals surface area (Å²) in [5, 5.41) is 9.13. The van der Waals surface area contributed by atoms with Crippen LogP contribution < -0.4 is 5.73 Å². The maximum atomic E-state index is 12.0. The molecule has 118 valence electrons. The van der Waals surface area contributed by atoms with Crippen LogP contribution in [-0.4, -0.2) is 27.2 Å². The molecule has 2 rings (SSSR count). The number of carbonyl (C=O) groups is 1. The highest BCUT2D eigenvalue weighted by atomic mass is 16.3. The maximum absolute atomic E-state index is 12.0. The molecule has 3 N–H and O–H groups in total. The lowest BCUT2D eigenvalue weighted by Crippen LogP contribution is -2.13. The fourth-order valence-electron chi connectivity index (χ4n) is 2.95. The zero-order valence-electron chi connectivity index (χ0n) is 13.2. The molecule has 0 aliphatic heterocycles. The third-order valence-electron chi connectivity index (χ3n) is 3.85. The molecule has 2 aromatic rings. The van der Waals surface area contributed by atoms with Gasteiger partial charge in [-0.05, 0) is 25.8 Å². The molecule has 2 aromatic heterocycles. The molecular formula is C17H23N3O2. The van der Waals surface area contributed by atoms with Gasteiger partial charge >= 0.3 is 0 Å². The number of nitrogens with two attached hydrogens (primary N) is 1. The minimum absolute atomic E-state index is 0.122. The summed E-state index contributed by atoms with van der Waals surface area (Å²) in [6.07, 6.45) is 5.94. The monoisotopic (exact) mass is 301 g/mol. The van der Waals surface area contributed by atoms with Crippen molar-refractivity contribution >= 4 is 5.91 Å². The van der Waals surface area contributed by atoms with Crippen LogP contribution in [0.1, 0.15) is 41.5 Å². The summed E-state index contributed by atoms with van der Waals surface area (Å²) in [5.41, 5.74) is 9.95. The van der Waals surface area contributed by atoms with E-state index in [0.717, 1.165) is 35.4 Å². The van der Waals surface area contributed by atoms with Crippen LogP contribution >= 0.6 is 0 Å². The molecule has 5 nitrogen and oxygen atoms in total. The van der Waals surface area contributed by atoms with Gasteiger partial charge in [0.25, 0.3) is 5.91 Å². The Morgan fingerprint density at radius 2 is 2.23 bits per heavy atom. The Morgan fingerprint density at radius 1 is 1.45 bits per heavy atom. The third-order valence-corrected chi connectivity index (χ3v) is 3.85. The summed E-state index contributed by atoms with van der Waals surface area (Å²) < 4.78 is 2.11. The lowest BCUT2D eigenvalue weighted by atomic mass is 9.99. The third kappa shape index (κ3) is 3.04. The average Bonchev–Trinajstić information content (AvgIpc) is 2.79. The predicted molar refractivity (Wildman–Crippen MR) is 86.6 cm³/mol. The first-order valence-corrected chi connectivity index (χ1v) is 7.64. The Kier molecular flexibility index (Phi) is 5.33. The Labute approximate surface area is 130 Å². The molecule has 0 atom stereocenters. The van der Waals surface area contributed by atoms with Crippen LogP contribution in [-0.2, 0) is 13.0 Å². The van der Waals surface area contributed by atoms with E-state index in [9.17, 15) is 4.79 Å². The molecule has 5 heteroatoms. The van der Waals surface area contributed by atoms with Gasteiger partial charge < -0.3 is 15.4 Å². The fourth-order valence-corrected chi connectivity index (χ4v) is 2.95. The highest BCUT2D eigenvalue weighted by Crippen LogP contribution is 2.33. The van der Waals surface area contributed by atoms with Crippen molar-refractivity contribution in [3.8, 4) is 11.1 Å². The molecule has 0 saturated carbocycles. The Balaban J connectivity index is 2.69. The van der Waals surface area contributed by atoms with Crippen molar-refractivity contribution in [3.05, 3.63) is 41.5 Å². The van der Waals surface area contributed by atoms with Crippen LogP contribution in [0.25, 0.3) is 11.1 Å². The van der Waals surface area contributed by atoms with Crippen molar-refractivity contribution in [2.24, 2.45) is 5.73 Å². The molecule has 0 aliphatic rings. The van der Waals surface area contributed by atoms with Gasteiger partial charge in [-0.3, -0.25) is 9.78 Å². The van der Waals surface area contributed by atoms with E-state index in [0.29, 0.717) is 18.5 Å². The van der Waals surface area contributed by atoms with E-state index in [-0.39, 0.29) is 6.61 Å². The second kappa shape index (κ2) is 7.22. The van der Waals surface area contributed by atoms with Gasteiger partial charge in [0.2, 0.25) is 0 Å². The van der Waals surface area contributed by atoms with Crippen LogP contribution in [0, 0.1) is 6.92 Å². The number of hydrogen-bond acceptors (Lipinski definition) is 3. The standard InChI is InChI=1S/C17H23N3O2/c1-3-6-14-16(13-7-4-8-19-11-13)15(17(18)22)12(2)20(14)9-5-10-21/h4,7-8,11,21H,3,5-6,9-10H2,1-2H3,(H2,18,22). The number of aliphatic hydroxyl groups excluding tert-OH is 1. The first kappa shape index (κ1) is 16.2. The molecule has 2 heterocycles. The number of carbonyl (C=O) groups excluding carboxylic acids is 1. The number of rotatable bonds is 7. The van der Waals surface area contributed by atoms with E-state index in [1.165, 1.54) is 0 Å². The predicted octanol–water partition coefficient (Wildman–Crippen LogP) is 2.29. The Morgan fingerprint density at radius 3 is 2.77 bits per heavy atom. The van der Waals surface area contributed by atoms with Gasteiger partial charge in [0.05, 0.1) is 5.56 Å². The van der Waals surface area contributed by atoms with E-state index < -0.39 is 5.91 Å². The number of pyridine rings is 1. The van der Waals surface area contributed by atoms with Gasteiger partial charge in [-0.15, -0.1) is 0 Å². The van der Waals surface area contributed by atoms with Crippen molar-refractivity contribution in [2.45, 2.75) is 39.7 Å². The molecule has 0 spiro atoms. The fraction of sp³-hybridized carbons (Fsp3) is 0.412. The van der Waals surface area contributed by atoms with E-state index in [4.69, 9.17) is 10.8 Å². The number of amides is 1. The van der Waals surface area contributed by atoms with Crippen LogP contribution in [0.15, 0.2) is 24.5 Å². The average molecular weight is 301 g/mol. The first-order valence-electron chi connectivity index (χ1n) is 7.64. The van der Waals surface area contributed by atoms with Gasteiger partial charge in [-0.1, -0.05) is 19.4 Å². The first-order chi connectivity index (χ1) is 10.6. The summed E-state index contributed by atoms with van der Waals surface area (Å²) >= 11 is 0. The number of hydrogen-bond donors (Lipinski definition) is 2. The topological polar surface area (TPSA) is 81.1 Å². The van der Waals surface area contributed by atoms with Crippen molar-refractivity contribution in [1.82, 2.24) is 9.55 Å². The normalized spacial score (nSPS) is 10.9. The number of nitrogens with zero attached hydrogens (tertiary/aromatic N) is 2. The highest BCUT2D eigenvalue weighted by molar-refractivity contribution is 6.02. The molecule has 0 aliphatic carbocycles. The molecule has 22 heavy (non-hydrogen) atoms. The van der Waals surface area contributed by atoms with E-state index >= 15 is 0 Å². The smallest absolute Gasteiger partial charge is 0.251 e. The quantitative estimate of drug-likeness (QED) is 0.823. The molecule has 0 bridgehead atoms. The lowest BCUT2D eigenvalue weighted by molar-refractivity contribution is 0.1000. The van der Waals surface area contributed by atoms with Crippen molar-refractivity contribution in [2.75, 3.05) is 6.61 Å². The van der Waals surface area contributed by atoms with E-state index in [1.54, 1.807) is 12.4 Å². The molecule has 0 saturated heterocycles. The van der Waals surface area contributed by atoms with Crippen molar-refractivity contribution in [1.29, 1.82) is 0 Å². The molecule has 0 radical (unpaired) electrons. The molecule has 0 unspecified atom stereocenters. The minimum Gasteiger partial charge on any atom is -0.396 e. The molecule has 1 amide bonds. The maximum Gasteiger partial charge on any atom is 0.251 e. The number of primary amides is 1. The highest BCUT2D eigenvalue weighted by Gasteiger charge is 2.24. The van der Waals surface area contributed by atoms with Gasteiger partial charge in [0.15, 0.2) is 0 Å². The second-order valence-corrected chi connectivity index (χ2v) is 5.37. The minimum atomic E-state index is -0.420. The summed E-state index contributed by atoms with van der Waals surface area (Å²) in [5.74, 6) is -0.420. The summed E-state index contributed by atoms with van der Waals surface area (Å²) in [7, 11) is 0. The zero-order chi connectivity index (χ0) is 16.1. The largest absolute Gasteiger partial charge is 0.396 e. The summed E-state index contributed by atoms with van der Waals surface area (Å²) in [4.78, 5) is 16.2. The van der Waals surface area contributed by atoms with Gasteiger partial charge in [-0.25, -0.2) is 0 Å². The molecule has 0 fully saturated rings. The SMILES string of the molecule is CCCc1c(-c2cccnc2)c(C(N)=O)c(C)n1CCCO. The molecular weight excluding hydrogens is 278 g/mol. The molecule has 0 aromatic carbocycles. The zero-order valence-corrected chi connectivity index (χ0v) is 13.2. The van der Waals surface area contributed by atoms with Gasteiger partial charge in [-0.2, -0.15) is 0 Å². The van der Waals surface area contributed by atoms with Crippen LogP contribution in [0.4, 0.5) is 0 Å². The van der Waals surface area contributed by atoms with Crippen LogP contribution in [0.3, 0.4) is 0 Å². The van der Waals surface area contributed by atoms with Crippen molar-refractivity contribution in [3.63, 3.8) is 0 Å².